The van der Waals surface area contributed by atoms with Crippen LogP contribution in [0.3, 0.4) is 0 Å². The van der Waals surface area contributed by atoms with E-state index in [1.165, 1.54) is 13.0 Å². The molecule has 24 heavy (non-hydrogen) atoms. The maximum absolute atomic E-state index is 12.8. The molecule has 1 saturated heterocycles. The third-order valence-corrected chi connectivity index (χ3v) is 4.22. The maximum atomic E-state index is 12.8. The predicted molar refractivity (Wildman–Crippen MR) is 83.3 cm³/mol. The van der Waals surface area contributed by atoms with Crippen molar-refractivity contribution < 1.29 is 18.0 Å². The van der Waals surface area contributed by atoms with E-state index in [-0.39, 0.29) is 11.5 Å². The number of hydrogen-bond acceptors (Lipinski definition) is 3. The Labute approximate surface area is 139 Å². The fraction of sp³-hybridized carbons (Fsp3) is 0.529. The highest BCUT2D eigenvalue weighted by Crippen LogP contribution is 2.30. The molecular formula is C17H20F3N3O. The molecule has 0 spiro atoms. The number of nitrogens with one attached hydrogen (secondary N) is 1. The van der Waals surface area contributed by atoms with Crippen molar-refractivity contribution in [1.29, 1.82) is 5.26 Å². The van der Waals surface area contributed by atoms with Crippen molar-refractivity contribution in [2.24, 2.45) is 5.92 Å². The van der Waals surface area contributed by atoms with Gasteiger partial charge in [-0.05, 0) is 62.5 Å². The summed E-state index contributed by atoms with van der Waals surface area (Å²) in [4.78, 5) is 14.2. The number of amides is 1. The summed E-state index contributed by atoms with van der Waals surface area (Å²) in [5, 5.41) is 11.4. The minimum Gasteiger partial charge on any atom is -0.352 e. The Morgan fingerprint density at radius 1 is 1.33 bits per heavy atom. The van der Waals surface area contributed by atoms with Crippen molar-refractivity contribution in [3.05, 3.63) is 34.9 Å². The number of hydrogen-bond donors (Lipinski definition) is 1. The topological polar surface area (TPSA) is 56.1 Å². The van der Waals surface area contributed by atoms with Gasteiger partial charge in [0.15, 0.2) is 0 Å². The maximum Gasteiger partial charge on any atom is 0.416 e. The van der Waals surface area contributed by atoms with Crippen molar-refractivity contribution in [3.8, 4) is 6.07 Å². The van der Waals surface area contributed by atoms with Gasteiger partial charge in [-0.1, -0.05) is 0 Å². The summed E-state index contributed by atoms with van der Waals surface area (Å²) in [5.41, 5.74) is -0.374. The van der Waals surface area contributed by atoms with Crippen molar-refractivity contribution in [1.82, 2.24) is 10.2 Å². The standard InChI is InChI=1S/C17H20F3N3O/c1-12-8-14(10-15(9-12)17(18,19)20)16(24)22-11-13-2-5-23(6-3-13)7-4-21/h8-10,13H,2-3,5-7,11H2,1H3,(H,22,24). The highest BCUT2D eigenvalue weighted by atomic mass is 19.4. The van der Waals surface area contributed by atoms with Crippen LogP contribution in [0.1, 0.15) is 34.3 Å². The van der Waals surface area contributed by atoms with Gasteiger partial charge in [-0.2, -0.15) is 18.4 Å². The molecule has 0 atom stereocenters. The lowest BCUT2D eigenvalue weighted by atomic mass is 9.96. The lowest BCUT2D eigenvalue weighted by molar-refractivity contribution is -0.137. The zero-order valence-corrected chi connectivity index (χ0v) is 13.5. The van der Waals surface area contributed by atoms with Crippen molar-refractivity contribution >= 4 is 5.91 Å². The minimum atomic E-state index is -4.46. The number of rotatable bonds is 4. The van der Waals surface area contributed by atoms with Crippen LogP contribution < -0.4 is 5.32 Å². The fourth-order valence-electron chi connectivity index (χ4n) is 2.87. The Hall–Kier alpha value is -2.07. The van der Waals surface area contributed by atoms with Crippen LogP contribution in [0.5, 0.6) is 0 Å². The molecule has 0 aromatic heterocycles. The molecule has 1 aromatic rings. The van der Waals surface area contributed by atoms with Gasteiger partial charge in [0.2, 0.25) is 0 Å². The number of likely N-dealkylation sites (tertiary alicyclic amines) is 1. The van der Waals surface area contributed by atoms with Gasteiger partial charge in [-0.25, -0.2) is 0 Å². The van der Waals surface area contributed by atoms with Crippen LogP contribution in [0.4, 0.5) is 13.2 Å². The summed E-state index contributed by atoms with van der Waals surface area (Å²) in [5.74, 6) is -0.195. The average Bonchev–Trinajstić information content (AvgIpc) is 2.53. The van der Waals surface area contributed by atoms with Crippen molar-refractivity contribution in [3.63, 3.8) is 0 Å². The third kappa shape index (κ3) is 4.96. The molecule has 0 radical (unpaired) electrons. The van der Waals surface area contributed by atoms with Gasteiger partial charge in [0.05, 0.1) is 18.2 Å². The summed E-state index contributed by atoms with van der Waals surface area (Å²) < 4.78 is 38.5. The lowest BCUT2D eigenvalue weighted by Crippen LogP contribution is -2.38. The Morgan fingerprint density at radius 3 is 2.58 bits per heavy atom. The Morgan fingerprint density at radius 2 is 2.00 bits per heavy atom. The van der Waals surface area contributed by atoms with E-state index in [1.807, 2.05) is 0 Å². The number of aryl methyl sites for hydroxylation is 1. The van der Waals surface area contributed by atoms with Crippen LogP contribution in [0.25, 0.3) is 0 Å². The number of piperidine rings is 1. The molecular weight excluding hydrogens is 319 g/mol. The molecule has 0 aliphatic carbocycles. The predicted octanol–water partition coefficient (Wildman–Crippen LogP) is 2.98. The number of benzene rings is 1. The second-order valence-corrected chi connectivity index (χ2v) is 6.17. The Kier molecular flexibility index (Phi) is 5.84. The van der Waals surface area contributed by atoms with E-state index >= 15 is 0 Å². The van der Waals surface area contributed by atoms with E-state index in [4.69, 9.17) is 5.26 Å². The molecule has 130 valence electrons. The van der Waals surface area contributed by atoms with Crippen molar-refractivity contribution in [2.75, 3.05) is 26.2 Å². The summed E-state index contributed by atoms with van der Waals surface area (Å²) in [6, 6.07) is 5.49. The highest BCUT2D eigenvalue weighted by molar-refractivity contribution is 5.94. The Bertz CT molecular complexity index is 629. The SMILES string of the molecule is Cc1cc(C(=O)NCC2CCN(CC#N)CC2)cc(C(F)(F)F)c1. The molecule has 1 fully saturated rings. The van der Waals surface area contributed by atoms with Gasteiger partial charge in [-0.3, -0.25) is 9.69 Å². The molecule has 0 saturated carbocycles. The molecule has 1 aliphatic rings. The first-order valence-electron chi connectivity index (χ1n) is 7.86. The molecule has 1 aliphatic heterocycles. The minimum absolute atomic E-state index is 0.0317. The zero-order chi connectivity index (χ0) is 17.7. The van der Waals surface area contributed by atoms with Gasteiger partial charge in [-0.15, -0.1) is 0 Å². The van der Waals surface area contributed by atoms with Gasteiger partial charge in [0.25, 0.3) is 5.91 Å². The molecule has 4 nitrogen and oxygen atoms in total. The quantitative estimate of drug-likeness (QED) is 0.858. The van der Waals surface area contributed by atoms with Crippen LogP contribution >= 0.6 is 0 Å². The molecule has 7 heteroatoms. The van der Waals surface area contributed by atoms with Crippen LogP contribution in [-0.4, -0.2) is 37.0 Å². The van der Waals surface area contributed by atoms with E-state index in [2.05, 4.69) is 16.3 Å². The molecule has 1 N–H and O–H groups in total. The number of nitriles is 1. The first kappa shape index (κ1) is 18.3. The molecule has 0 bridgehead atoms. The first-order chi connectivity index (χ1) is 11.3. The second kappa shape index (κ2) is 7.67. The number of carbonyl (C=O) groups is 1. The van der Waals surface area contributed by atoms with E-state index in [0.29, 0.717) is 18.7 Å². The summed E-state index contributed by atoms with van der Waals surface area (Å²) in [6.07, 6.45) is -2.73. The number of carbonyl (C=O) groups excluding carboxylic acids is 1. The van der Waals surface area contributed by atoms with Crippen molar-refractivity contribution in [2.45, 2.75) is 25.9 Å². The van der Waals surface area contributed by atoms with Gasteiger partial charge >= 0.3 is 6.18 Å². The number of nitrogens with zero attached hydrogens (tertiary/aromatic N) is 2. The molecule has 1 aromatic carbocycles. The van der Waals surface area contributed by atoms with E-state index in [9.17, 15) is 18.0 Å². The summed E-state index contributed by atoms with van der Waals surface area (Å²) >= 11 is 0. The molecule has 0 unspecified atom stereocenters. The largest absolute Gasteiger partial charge is 0.416 e. The second-order valence-electron chi connectivity index (χ2n) is 6.17. The summed E-state index contributed by atoms with van der Waals surface area (Å²) in [7, 11) is 0. The number of halogens is 3. The van der Waals surface area contributed by atoms with E-state index in [0.717, 1.165) is 38.1 Å². The summed E-state index contributed by atoms with van der Waals surface area (Å²) in [6.45, 7) is 3.99. The smallest absolute Gasteiger partial charge is 0.352 e. The Balaban J connectivity index is 1.92. The van der Waals surface area contributed by atoms with E-state index < -0.39 is 17.6 Å². The van der Waals surface area contributed by atoms with Crippen LogP contribution in [0.2, 0.25) is 0 Å². The van der Waals surface area contributed by atoms with Crippen LogP contribution in [0.15, 0.2) is 18.2 Å². The third-order valence-electron chi connectivity index (χ3n) is 4.22. The van der Waals surface area contributed by atoms with Gasteiger partial charge in [0, 0.05) is 12.1 Å². The molecule has 1 amide bonds. The number of alkyl halides is 3. The average molecular weight is 339 g/mol. The first-order valence-corrected chi connectivity index (χ1v) is 7.86. The highest BCUT2D eigenvalue weighted by Gasteiger charge is 2.31. The monoisotopic (exact) mass is 339 g/mol. The fourth-order valence-corrected chi connectivity index (χ4v) is 2.87. The van der Waals surface area contributed by atoms with Crippen LogP contribution in [0, 0.1) is 24.2 Å². The molecule has 1 heterocycles. The molecule has 2 rings (SSSR count). The van der Waals surface area contributed by atoms with E-state index in [1.54, 1.807) is 0 Å². The zero-order valence-electron chi connectivity index (χ0n) is 13.5. The van der Waals surface area contributed by atoms with Gasteiger partial charge < -0.3 is 5.32 Å². The van der Waals surface area contributed by atoms with Gasteiger partial charge in [0.1, 0.15) is 0 Å². The van der Waals surface area contributed by atoms with Crippen LogP contribution in [-0.2, 0) is 6.18 Å². The normalized spacial score (nSPS) is 16.6. The lowest BCUT2D eigenvalue weighted by Gasteiger charge is -2.30.